The second-order valence-electron chi connectivity index (χ2n) is 11.0. The van der Waals surface area contributed by atoms with Crippen LogP contribution in [-0.2, 0) is 10.0 Å². The summed E-state index contributed by atoms with van der Waals surface area (Å²) in [6, 6.07) is 8.51. The van der Waals surface area contributed by atoms with E-state index in [4.69, 9.17) is 9.47 Å². The number of anilines is 1. The van der Waals surface area contributed by atoms with Gasteiger partial charge >= 0.3 is 0 Å². The van der Waals surface area contributed by atoms with Gasteiger partial charge in [-0.25, -0.2) is 22.5 Å². The van der Waals surface area contributed by atoms with E-state index in [9.17, 15) is 17.6 Å². The molecular weight excluding hydrogens is 580 g/mol. The third-order valence-corrected chi connectivity index (χ3v) is 8.86. The number of halogens is 2. The van der Waals surface area contributed by atoms with E-state index < -0.39 is 45.0 Å². The van der Waals surface area contributed by atoms with Gasteiger partial charge in [-0.1, -0.05) is 6.92 Å². The number of carbonyl (C=O) groups is 1. The number of sulfonamides is 1. The standard InChI is InChI=1S/C30H35F2N5O5S/c1-3-25(24-9-6-21(16-33-24)41-18-19-4-5-19)42-26-10-8-23(28(31)29(26)32)30(38)36-43(39,40)22-7-11-27(34-17-22)35-20-12-14-37(2)15-13-20/h6-11,16-17,19-20,25H,3-5,12-15,18H2,1-2H3,(H,34,35)(H,36,38)/t25-/m1/s1. The summed E-state index contributed by atoms with van der Waals surface area (Å²) in [5, 5.41) is 3.27. The Labute approximate surface area is 249 Å². The zero-order valence-corrected chi connectivity index (χ0v) is 24.9. The summed E-state index contributed by atoms with van der Waals surface area (Å²) in [6.45, 7) is 4.33. The number of hydrogen-bond donors (Lipinski definition) is 2. The molecule has 230 valence electrons. The van der Waals surface area contributed by atoms with Crippen LogP contribution < -0.4 is 19.5 Å². The molecule has 1 saturated heterocycles. The summed E-state index contributed by atoms with van der Waals surface area (Å²) in [5.74, 6) is -3.00. The van der Waals surface area contributed by atoms with E-state index in [-0.39, 0.29) is 10.9 Å². The molecule has 0 unspecified atom stereocenters. The van der Waals surface area contributed by atoms with Crippen LogP contribution in [0.15, 0.2) is 53.7 Å². The first-order valence-corrected chi connectivity index (χ1v) is 15.8. The number of nitrogens with one attached hydrogen (secondary N) is 2. The minimum Gasteiger partial charge on any atom is -0.492 e. The molecule has 1 aliphatic heterocycles. The maximum Gasteiger partial charge on any atom is 0.268 e. The van der Waals surface area contributed by atoms with Gasteiger partial charge in [0.1, 0.15) is 22.6 Å². The lowest BCUT2D eigenvalue weighted by atomic mass is 10.1. The maximum atomic E-state index is 15.0. The number of carbonyl (C=O) groups excluding carboxylic acids is 1. The van der Waals surface area contributed by atoms with Crippen molar-refractivity contribution in [1.29, 1.82) is 0 Å². The van der Waals surface area contributed by atoms with Crippen LogP contribution >= 0.6 is 0 Å². The number of nitrogens with zero attached hydrogens (tertiary/aromatic N) is 3. The van der Waals surface area contributed by atoms with Gasteiger partial charge < -0.3 is 19.7 Å². The predicted octanol–water partition coefficient (Wildman–Crippen LogP) is 4.70. The van der Waals surface area contributed by atoms with Gasteiger partial charge in [-0.3, -0.25) is 9.78 Å². The number of likely N-dealkylation sites (tertiary alicyclic amines) is 1. The maximum absolute atomic E-state index is 15.0. The number of amides is 1. The van der Waals surface area contributed by atoms with E-state index in [1.165, 1.54) is 12.1 Å². The summed E-state index contributed by atoms with van der Waals surface area (Å²) >= 11 is 0. The van der Waals surface area contributed by atoms with Gasteiger partial charge in [-0.15, -0.1) is 0 Å². The largest absolute Gasteiger partial charge is 0.492 e. The van der Waals surface area contributed by atoms with Crippen molar-refractivity contribution in [1.82, 2.24) is 19.6 Å². The molecule has 3 aromatic rings. The molecule has 13 heteroatoms. The fourth-order valence-corrected chi connectivity index (χ4v) is 5.60. The van der Waals surface area contributed by atoms with Crippen molar-refractivity contribution in [2.45, 2.75) is 56.1 Å². The Morgan fingerprint density at radius 2 is 1.79 bits per heavy atom. The van der Waals surface area contributed by atoms with Crippen molar-refractivity contribution < 1.29 is 31.5 Å². The summed E-state index contributed by atoms with van der Waals surface area (Å²) in [6.07, 6.45) is 6.55. The van der Waals surface area contributed by atoms with E-state index >= 15 is 4.39 Å². The van der Waals surface area contributed by atoms with Crippen LogP contribution in [0.4, 0.5) is 14.6 Å². The van der Waals surface area contributed by atoms with E-state index in [0.717, 1.165) is 57.1 Å². The molecule has 43 heavy (non-hydrogen) atoms. The average molecular weight is 616 g/mol. The van der Waals surface area contributed by atoms with Crippen LogP contribution in [0.25, 0.3) is 0 Å². The van der Waals surface area contributed by atoms with Crippen LogP contribution in [0.3, 0.4) is 0 Å². The molecule has 1 aliphatic carbocycles. The Kier molecular flexibility index (Phi) is 9.40. The molecule has 1 atom stereocenters. The Morgan fingerprint density at radius 1 is 1.02 bits per heavy atom. The summed E-state index contributed by atoms with van der Waals surface area (Å²) in [4.78, 5) is 23.1. The summed E-state index contributed by atoms with van der Waals surface area (Å²) < 4.78 is 68.8. The monoisotopic (exact) mass is 615 g/mol. The Bertz CT molecular complexity index is 1530. The smallest absolute Gasteiger partial charge is 0.268 e. The second-order valence-corrected chi connectivity index (χ2v) is 12.6. The van der Waals surface area contributed by atoms with E-state index in [2.05, 4.69) is 27.2 Å². The van der Waals surface area contributed by atoms with Crippen molar-refractivity contribution in [2.24, 2.45) is 5.92 Å². The highest BCUT2D eigenvalue weighted by molar-refractivity contribution is 7.90. The zero-order valence-electron chi connectivity index (χ0n) is 24.1. The van der Waals surface area contributed by atoms with Gasteiger partial charge in [0.05, 0.1) is 24.1 Å². The van der Waals surface area contributed by atoms with Gasteiger partial charge in [0.2, 0.25) is 5.82 Å². The van der Waals surface area contributed by atoms with Crippen LogP contribution in [-0.4, -0.2) is 62.0 Å². The van der Waals surface area contributed by atoms with Gasteiger partial charge in [0.15, 0.2) is 11.6 Å². The molecule has 3 heterocycles. The first-order chi connectivity index (χ1) is 20.6. The molecule has 0 radical (unpaired) electrons. The molecule has 2 N–H and O–H groups in total. The van der Waals surface area contributed by atoms with E-state index in [0.29, 0.717) is 36.2 Å². The number of pyridine rings is 2. The fourth-order valence-electron chi connectivity index (χ4n) is 4.69. The minimum absolute atomic E-state index is 0.219. The van der Waals surface area contributed by atoms with E-state index in [1.54, 1.807) is 30.0 Å². The Morgan fingerprint density at radius 3 is 2.42 bits per heavy atom. The SMILES string of the molecule is CC[C@@H](Oc1ccc(C(=O)NS(=O)(=O)c2ccc(NC3CCN(C)CC3)nc2)c(F)c1F)c1ccc(OCC2CC2)cn1. The Hall–Kier alpha value is -3.84. The van der Waals surface area contributed by atoms with Crippen molar-refractivity contribution in [2.75, 3.05) is 32.1 Å². The van der Waals surface area contributed by atoms with Crippen LogP contribution in [0.1, 0.15) is 61.2 Å². The highest BCUT2D eigenvalue weighted by atomic mass is 32.2. The quantitative estimate of drug-likeness (QED) is 0.299. The molecule has 1 aromatic carbocycles. The summed E-state index contributed by atoms with van der Waals surface area (Å²) in [5.41, 5.74) is -0.291. The highest BCUT2D eigenvalue weighted by Crippen LogP contribution is 2.31. The normalized spacial score (nSPS) is 16.8. The van der Waals surface area contributed by atoms with Gasteiger partial charge in [-0.2, -0.15) is 4.39 Å². The van der Waals surface area contributed by atoms with Crippen LogP contribution in [0.5, 0.6) is 11.5 Å². The number of piperidine rings is 1. The third kappa shape index (κ3) is 7.77. The number of aromatic nitrogens is 2. The molecule has 2 fully saturated rings. The Balaban J connectivity index is 1.21. The molecule has 2 aromatic heterocycles. The lowest BCUT2D eigenvalue weighted by Crippen LogP contribution is -2.36. The predicted molar refractivity (Wildman–Crippen MR) is 156 cm³/mol. The van der Waals surface area contributed by atoms with Crippen molar-refractivity contribution in [3.63, 3.8) is 0 Å². The van der Waals surface area contributed by atoms with Crippen LogP contribution in [0, 0.1) is 17.6 Å². The third-order valence-electron chi connectivity index (χ3n) is 7.55. The summed E-state index contributed by atoms with van der Waals surface area (Å²) in [7, 11) is -2.36. The lowest BCUT2D eigenvalue weighted by molar-refractivity contribution is 0.0976. The number of hydrogen-bond acceptors (Lipinski definition) is 9. The highest BCUT2D eigenvalue weighted by Gasteiger charge is 2.26. The lowest BCUT2D eigenvalue weighted by Gasteiger charge is -2.29. The first-order valence-electron chi connectivity index (χ1n) is 14.3. The van der Waals surface area contributed by atoms with Crippen molar-refractivity contribution in [3.8, 4) is 11.5 Å². The zero-order chi connectivity index (χ0) is 30.6. The van der Waals surface area contributed by atoms with E-state index in [1.807, 2.05) is 0 Å². The molecule has 2 aliphatic rings. The molecule has 1 saturated carbocycles. The second kappa shape index (κ2) is 13.2. The fraction of sp³-hybridized carbons (Fsp3) is 0.433. The molecule has 1 amide bonds. The van der Waals surface area contributed by atoms with Crippen molar-refractivity contribution in [3.05, 3.63) is 71.7 Å². The van der Waals surface area contributed by atoms with Gasteiger partial charge in [0, 0.05) is 12.2 Å². The van der Waals surface area contributed by atoms with Gasteiger partial charge in [0.25, 0.3) is 15.9 Å². The molecule has 0 spiro atoms. The minimum atomic E-state index is -4.41. The van der Waals surface area contributed by atoms with Crippen molar-refractivity contribution >= 4 is 21.7 Å². The molecule has 0 bridgehead atoms. The molecule has 5 rings (SSSR count). The molecular formula is C30H35F2N5O5S. The topological polar surface area (TPSA) is 123 Å². The first kappa shape index (κ1) is 30.6. The number of ether oxygens (including phenoxy) is 2. The van der Waals surface area contributed by atoms with Gasteiger partial charge in [-0.05, 0) is 94.6 Å². The molecule has 10 nitrogen and oxygen atoms in total. The number of rotatable bonds is 12. The van der Waals surface area contributed by atoms with Crippen LogP contribution in [0.2, 0.25) is 0 Å². The average Bonchev–Trinajstić information content (AvgIpc) is 3.83. The number of benzene rings is 1.